The monoisotopic (exact) mass is 665 g/mol. The van der Waals surface area contributed by atoms with Crippen LogP contribution in [0.2, 0.25) is 0 Å². The average Bonchev–Trinajstić information content (AvgIpc) is 3.90. The lowest BCUT2D eigenvalue weighted by atomic mass is 9.85. The highest BCUT2D eigenvalue weighted by atomic mass is 16.3. The summed E-state index contributed by atoms with van der Waals surface area (Å²) in [6.45, 7) is 2.08. The molecule has 0 radical (unpaired) electrons. The molecule has 12 rings (SSSR count). The van der Waals surface area contributed by atoms with Gasteiger partial charge in [-0.2, -0.15) is 0 Å². The molecule has 0 saturated carbocycles. The summed E-state index contributed by atoms with van der Waals surface area (Å²) in [7, 11) is 0. The first kappa shape index (κ1) is 27.9. The molecule has 0 atom stereocenters. The number of furan rings is 2. The van der Waals surface area contributed by atoms with E-state index in [0.717, 1.165) is 99.1 Å². The van der Waals surface area contributed by atoms with Gasteiger partial charge in [0, 0.05) is 38.2 Å². The van der Waals surface area contributed by atoms with Gasteiger partial charge in [0.25, 0.3) is 0 Å². The van der Waals surface area contributed by atoms with E-state index in [0.29, 0.717) is 5.89 Å². The van der Waals surface area contributed by atoms with E-state index in [4.69, 9.17) is 18.2 Å². The van der Waals surface area contributed by atoms with E-state index in [1.54, 1.807) is 0 Å². The highest BCUT2D eigenvalue weighted by Crippen LogP contribution is 2.48. The zero-order valence-corrected chi connectivity index (χ0v) is 28.0. The molecule has 0 aliphatic heterocycles. The van der Waals surface area contributed by atoms with Gasteiger partial charge in [-0.3, -0.25) is 0 Å². The fourth-order valence-electron chi connectivity index (χ4n) is 8.60. The van der Waals surface area contributed by atoms with E-state index in [1.165, 1.54) is 21.5 Å². The second-order valence-corrected chi connectivity index (χ2v) is 13.9. The predicted molar refractivity (Wildman–Crippen MR) is 213 cm³/mol. The number of oxazole rings is 1. The van der Waals surface area contributed by atoms with Crippen molar-refractivity contribution in [2.24, 2.45) is 0 Å². The van der Waals surface area contributed by atoms with E-state index in [2.05, 4.69) is 122 Å². The minimum atomic E-state index is 0.601. The molecule has 4 nitrogen and oxygen atoms in total. The Morgan fingerprint density at radius 1 is 0.385 bits per heavy atom. The Labute approximate surface area is 296 Å². The molecular formula is C48H27NO3. The second kappa shape index (κ2) is 10.1. The third-order valence-corrected chi connectivity index (χ3v) is 10.9. The fraction of sp³-hybridized carbons (Fsp3) is 0.0208. The normalized spacial score (nSPS) is 12.3. The summed E-state index contributed by atoms with van der Waals surface area (Å²) in [5.74, 6) is 0.601. The van der Waals surface area contributed by atoms with E-state index in [9.17, 15) is 0 Å². The average molecular weight is 666 g/mol. The molecule has 0 aliphatic rings. The SMILES string of the molecule is Cc1ccc2nc(-c3cc(-c4cccc5c4oc4ccccc45)c4ccc5ccc(-c6cccc7c6oc6ccccc67)c6ccc3c4c56)oc2c1. The van der Waals surface area contributed by atoms with Gasteiger partial charge < -0.3 is 13.3 Å². The van der Waals surface area contributed by atoms with Crippen LogP contribution >= 0.6 is 0 Å². The molecule has 0 N–H and O–H groups in total. The quantitative estimate of drug-likeness (QED) is 0.176. The number of benzene rings is 9. The minimum absolute atomic E-state index is 0.601. The van der Waals surface area contributed by atoms with Crippen LogP contribution in [0.5, 0.6) is 0 Å². The summed E-state index contributed by atoms with van der Waals surface area (Å²) in [5.41, 5.74) is 11.6. The smallest absolute Gasteiger partial charge is 0.227 e. The molecule has 3 aromatic heterocycles. The van der Waals surface area contributed by atoms with E-state index >= 15 is 0 Å². The van der Waals surface area contributed by atoms with Crippen LogP contribution in [0.4, 0.5) is 0 Å². The predicted octanol–water partition coefficient (Wildman–Crippen LogP) is 13.8. The minimum Gasteiger partial charge on any atom is -0.455 e. The first-order valence-electron chi connectivity index (χ1n) is 17.6. The van der Waals surface area contributed by atoms with E-state index in [-0.39, 0.29) is 0 Å². The van der Waals surface area contributed by atoms with Gasteiger partial charge in [0.15, 0.2) is 5.58 Å². The van der Waals surface area contributed by atoms with Gasteiger partial charge in [0.05, 0.1) is 0 Å². The molecule has 0 amide bonds. The largest absolute Gasteiger partial charge is 0.455 e. The molecule has 0 saturated heterocycles. The maximum atomic E-state index is 6.63. The van der Waals surface area contributed by atoms with Crippen molar-refractivity contribution in [3.63, 3.8) is 0 Å². The highest BCUT2D eigenvalue weighted by molar-refractivity contribution is 6.31. The van der Waals surface area contributed by atoms with Gasteiger partial charge in [0.2, 0.25) is 5.89 Å². The summed E-state index contributed by atoms with van der Waals surface area (Å²) >= 11 is 0. The molecule has 0 unspecified atom stereocenters. The molecule has 0 bridgehead atoms. The molecule has 12 aromatic rings. The highest BCUT2D eigenvalue weighted by Gasteiger charge is 2.23. The number of rotatable bonds is 3. The standard InChI is InChI=1S/C48H27NO3/c1-26-16-23-40-43(24-26)52-48(49-40)39-25-38(37-13-7-12-36-30-9-3-5-15-42(30)51-47(36)37)32-20-18-27-17-19-28(31-21-22-33(39)45(32)44(27)31)34-10-6-11-35-29-8-2-4-14-41(29)50-46(34)35/h2-25H,1H3. The molecule has 3 heterocycles. The van der Waals surface area contributed by atoms with Crippen LogP contribution in [0.15, 0.2) is 159 Å². The lowest BCUT2D eigenvalue weighted by Crippen LogP contribution is -1.93. The molecule has 9 aromatic carbocycles. The first-order chi connectivity index (χ1) is 25.7. The third-order valence-electron chi connectivity index (χ3n) is 10.9. The van der Waals surface area contributed by atoms with Crippen LogP contribution in [0.3, 0.4) is 0 Å². The Balaban J connectivity index is 1.22. The zero-order valence-electron chi connectivity index (χ0n) is 28.0. The number of fused-ring (bicyclic) bond motifs is 7. The van der Waals surface area contributed by atoms with Crippen molar-refractivity contribution in [1.29, 1.82) is 0 Å². The number of nitrogens with zero attached hydrogens (tertiary/aromatic N) is 1. The Morgan fingerprint density at radius 2 is 0.981 bits per heavy atom. The van der Waals surface area contributed by atoms with E-state index < -0.39 is 0 Å². The van der Waals surface area contributed by atoms with Crippen LogP contribution in [0.1, 0.15) is 5.56 Å². The number of aryl methyl sites for hydroxylation is 1. The lowest BCUT2D eigenvalue weighted by molar-refractivity contribution is 0.620. The molecule has 4 heteroatoms. The van der Waals surface area contributed by atoms with Crippen LogP contribution in [0.25, 0.3) is 121 Å². The molecule has 0 spiro atoms. The van der Waals surface area contributed by atoms with Crippen LogP contribution < -0.4 is 0 Å². The molecule has 0 aliphatic carbocycles. The van der Waals surface area contributed by atoms with Crippen molar-refractivity contribution >= 4 is 87.3 Å². The summed E-state index contributed by atoms with van der Waals surface area (Å²) in [4.78, 5) is 5.06. The second-order valence-electron chi connectivity index (χ2n) is 13.9. The number of hydrogen-bond donors (Lipinski definition) is 0. The third kappa shape index (κ3) is 3.73. The maximum absolute atomic E-state index is 6.63. The Hall–Kier alpha value is -6.91. The zero-order chi connectivity index (χ0) is 34.1. The van der Waals surface area contributed by atoms with Gasteiger partial charge >= 0.3 is 0 Å². The Kier molecular flexibility index (Phi) is 5.40. The molecular weight excluding hydrogens is 639 g/mol. The fourth-order valence-corrected chi connectivity index (χ4v) is 8.60. The van der Waals surface area contributed by atoms with Crippen LogP contribution in [0, 0.1) is 6.92 Å². The molecule has 0 fully saturated rings. The van der Waals surface area contributed by atoms with Crippen molar-refractivity contribution in [3.8, 4) is 33.7 Å². The van der Waals surface area contributed by atoms with Crippen molar-refractivity contribution in [2.45, 2.75) is 6.92 Å². The number of para-hydroxylation sites is 4. The molecule has 242 valence electrons. The number of aromatic nitrogens is 1. The maximum Gasteiger partial charge on any atom is 0.227 e. The van der Waals surface area contributed by atoms with Crippen molar-refractivity contribution in [1.82, 2.24) is 4.98 Å². The van der Waals surface area contributed by atoms with Gasteiger partial charge in [0.1, 0.15) is 27.8 Å². The molecule has 52 heavy (non-hydrogen) atoms. The van der Waals surface area contributed by atoms with Gasteiger partial charge in [-0.15, -0.1) is 0 Å². The van der Waals surface area contributed by atoms with Crippen LogP contribution in [-0.2, 0) is 0 Å². The summed E-state index contributed by atoms with van der Waals surface area (Å²) in [6, 6.07) is 51.4. The van der Waals surface area contributed by atoms with E-state index in [1.807, 2.05) is 30.3 Å². The first-order valence-corrected chi connectivity index (χ1v) is 17.6. The Morgan fingerprint density at radius 3 is 1.71 bits per heavy atom. The summed E-state index contributed by atoms with van der Waals surface area (Å²) in [5, 5.41) is 11.4. The van der Waals surface area contributed by atoms with Crippen molar-refractivity contribution in [3.05, 3.63) is 151 Å². The van der Waals surface area contributed by atoms with Crippen LogP contribution in [-0.4, -0.2) is 4.98 Å². The van der Waals surface area contributed by atoms with Crippen molar-refractivity contribution < 1.29 is 13.3 Å². The summed E-state index contributed by atoms with van der Waals surface area (Å²) in [6.07, 6.45) is 0. The van der Waals surface area contributed by atoms with Gasteiger partial charge in [-0.1, -0.05) is 115 Å². The van der Waals surface area contributed by atoms with Crippen molar-refractivity contribution in [2.75, 3.05) is 0 Å². The van der Waals surface area contributed by atoms with Gasteiger partial charge in [-0.05, 0) is 86.3 Å². The number of hydrogen-bond acceptors (Lipinski definition) is 4. The lowest BCUT2D eigenvalue weighted by Gasteiger charge is -2.18. The van der Waals surface area contributed by atoms with Gasteiger partial charge in [-0.25, -0.2) is 4.98 Å². The topological polar surface area (TPSA) is 52.3 Å². The summed E-state index contributed by atoms with van der Waals surface area (Å²) < 4.78 is 19.8. The Bertz CT molecular complexity index is 3430.